The van der Waals surface area contributed by atoms with Crippen LogP contribution in [-0.4, -0.2) is 12.6 Å². The molecule has 0 bridgehead atoms. The fraction of sp³-hybridized carbons (Fsp3) is 0.455. The average Bonchev–Trinajstić information content (AvgIpc) is 2.17. The Kier molecular flexibility index (Phi) is 3.93. The maximum absolute atomic E-state index is 12.5. The van der Waals surface area contributed by atoms with Crippen molar-refractivity contribution in [2.75, 3.05) is 6.54 Å². The third-order valence-corrected chi connectivity index (χ3v) is 2.53. The highest BCUT2D eigenvalue weighted by molar-refractivity contribution is 5.29. The highest BCUT2D eigenvalue weighted by Crippen LogP contribution is 2.31. The van der Waals surface area contributed by atoms with Crippen LogP contribution in [0, 0.1) is 0 Å². The summed E-state index contributed by atoms with van der Waals surface area (Å²) in [5.74, 6) is -0.248. The smallest absolute Gasteiger partial charge is 0.330 e. The molecule has 0 spiro atoms. The Labute approximate surface area is 92.4 Å². The molecule has 4 N–H and O–H groups in total. The van der Waals surface area contributed by atoms with Crippen LogP contribution in [0.5, 0.6) is 0 Å². The molecule has 90 valence electrons. The van der Waals surface area contributed by atoms with Gasteiger partial charge in [-0.1, -0.05) is 18.2 Å². The number of rotatable bonds is 3. The van der Waals surface area contributed by atoms with Crippen LogP contribution in [0.15, 0.2) is 24.3 Å². The third-order valence-electron chi connectivity index (χ3n) is 2.53. The summed E-state index contributed by atoms with van der Waals surface area (Å²) in [6, 6.07) is 4.88. The molecule has 16 heavy (non-hydrogen) atoms. The van der Waals surface area contributed by atoms with Crippen molar-refractivity contribution in [2.24, 2.45) is 11.5 Å². The molecule has 0 fully saturated rings. The Hall–Kier alpha value is -1.07. The molecule has 0 radical (unpaired) electrons. The Morgan fingerprint density at radius 3 is 2.38 bits per heavy atom. The number of alkyl halides is 3. The van der Waals surface area contributed by atoms with Gasteiger partial charge in [0.15, 0.2) is 0 Å². The Balaban J connectivity index is 3.07. The predicted molar refractivity (Wildman–Crippen MR) is 56.9 cm³/mol. The van der Waals surface area contributed by atoms with E-state index in [2.05, 4.69) is 0 Å². The van der Waals surface area contributed by atoms with Crippen LogP contribution in [0.25, 0.3) is 0 Å². The lowest BCUT2D eigenvalue weighted by Crippen LogP contribution is -2.30. The predicted octanol–water partition coefficient (Wildman–Crippen LogP) is 2.09. The first-order valence-corrected chi connectivity index (χ1v) is 4.99. The molecule has 1 aromatic carbocycles. The fourth-order valence-electron chi connectivity index (χ4n) is 1.60. The van der Waals surface area contributed by atoms with Crippen LogP contribution < -0.4 is 11.5 Å². The molecule has 5 heteroatoms. The molecule has 2 nitrogen and oxygen atoms in total. The van der Waals surface area contributed by atoms with Crippen LogP contribution in [0.2, 0.25) is 0 Å². The SMILES string of the molecule is CC(N)C(CN)c1cccc(C(F)(F)F)c1. The van der Waals surface area contributed by atoms with Crippen molar-refractivity contribution in [3.8, 4) is 0 Å². The minimum atomic E-state index is -4.33. The van der Waals surface area contributed by atoms with Crippen molar-refractivity contribution in [3.05, 3.63) is 35.4 Å². The quantitative estimate of drug-likeness (QED) is 0.838. The largest absolute Gasteiger partial charge is 0.416 e. The average molecular weight is 232 g/mol. The fourth-order valence-corrected chi connectivity index (χ4v) is 1.60. The minimum Gasteiger partial charge on any atom is -0.330 e. The molecule has 0 aliphatic carbocycles. The molecule has 1 aromatic rings. The molecule has 0 heterocycles. The van der Waals surface area contributed by atoms with Gasteiger partial charge in [0.05, 0.1) is 5.56 Å². The van der Waals surface area contributed by atoms with E-state index in [9.17, 15) is 13.2 Å². The molecule has 0 aliphatic heterocycles. The van der Waals surface area contributed by atoms with Crippen molar-refractivity contribution in [1.82, 2.24) is 0 Å². The normalized spacial score (nSPS) is 15.9. The molecule has 0 saturated carbocycles. The second-order valence-corrected chi connectivity index (χ2v) is 3.82. The Morgan fingerprint density at radius 1 is 1.31 bits per heavy atom. The molecule has 0 aliphatic rings. The van der Waals surface area contributed by atoms with Crippen molar-refractivity contribution in [3.63, 3.8) is 0 Å². The van der Waals surface area contributed by atoms with E-state index in [1.807, 2.05) is 0 Å². The molecule has 2 unspecified atom stereocenters. The third kappa shape index (κ3) is 2.96. The number of benzene rings is 1. The second-order valence-electron chi connectivity index (χ2n) is 3.82. The summed E-state index contributed by atoms with van der Waals surface area (Å²) in [7, 11) is 0. The number of nitrogens with two attached hydrogens (primary N) is 2. The van der Waals surface area contributed by atoms with Crippen LogP contribution in [-0.2, 0) is 6.18 Å². The van der Waals surface area contributed by atoms with Gasteiger partial charge in [0.2, 0.25) is 0 Å². The van der Waals surface area contributed by atoms with E-state index in [-0.39, 0.29) is 18.5 Å². The molecule has 0 amide bonds. The van der Waals surface area contributed by atoms with E-state index in [0.29, 0.717) is 5.56 Å². The van der Waals surface area contributed by atoms with Crippen molar-refractivity contribution < 1.29 is 13.2 Å². The van der Waals surface area contributed by atoms with Crippen LogP contribution in [0.4, 0.5) is 13.2 Å². The maximum atomic E-state index is 12.5. The molecular weight excluding hydrogens is 217 g/mol. The zero-order valence-corrected chi connectivity index (χ0v) is 8.96. The number of hydrogen-bond acceptors (Lipinski definition) is 2. The van der Waals surface area contributed by atoms with Crippen LogP contribution >= 0.6 is 0 Å². The molecular formula is C11H15F3N2. The van der Waals surface area contributed by atoms with Gasteiger partial charge in [-0.2, -0.15) is 13.2 Å². The standard InChI is InChI=1S/C11H15F3N2/c1-7(16)10(6-15)8-3-2-4-9(5-8)11(12,13)14/h2-5,7,10H,6,15-16H2,1H3. The van der Waals surface area contributed by atoms with Gasteiger partial charge in [0.1, 0.15) is 0 Å². The minimum absolute atomic E-state index is 0.235. The van der Waals surface area contributed by atoms with Crippen LogP contribution in [0.1, 0.15) is 24.0 Å². The summed E-state index contributed by atoms with van der Waals surface area (Å²) in [6.07, 6.45) is -4.33. The van der Waals surface area contributed by atoms with E-state index in [4.69, 9.17) is 11.5 Å². The van der Waals surface area contributed by atoms with E-state index in [1.54, 1.807) is 13.0 Å². The van der Waals surface area contributed by atoms with Crippen LogP contribution in [0.3, 0.4) is 0 Å². The van der Waals surface area contributed by atoms with Gasteiger partial charge in [-0.05, 0) is 18.6 Å². The van der Waals surface area contributed by atoms with E-state index < -0.39 is 11.7 Å². The van der Waals surface area contributed by atoms with Gasteiger partial charge in [0.25, 0.3) is 0 Å². The second kappa shape index (κ2) is 4.84. The van der Waals surface area contributed by atoms with E-state index in [1.165, 1.54) is 6.07 Å². The first-order valence-electron chi connectivity index (χ1n) is 4.99. The first-order chi connectivity index (χ1) is 7.36. The summed E-state index contributed by atoms with van der Waals surface area (Å²) < 4.78 is 37.4. The summed E-state index contributed by atoms with van der Waals surface area (Å²) >= 11 is 0. The van der Waals surface area contributed by atoms with Gasteiger partial charge in [-0.3, -0.25) is 0 Å². The van der Waals surface area contributed by atoms with Crippen molar-refractivity contribution >= 4 is 0 Å². The van der Waals surface area contributed by atoms with Gasteiger partial charge >= 0.3 is 6.18 Å². The maximum Gasteiger partial charge on any atom is 0.416 e. The molecule has 1 rings (SSSR count). The lowest BCUT2D eigenvalue weighted by Gasteiger charge is -2.20. The zero-order chi connectivity index (χ0) is 12.3. The van der Waals surface area contributed by atoms with E-state index >= 15 is 0 Å². The Morgan fingerprint density at radius 2 is 1.94 bits per heavy atom. The zero-order valence-electron chi connectivity index (χ0n) is 8.96. The molecule has 2 atom stereocenters. The monoisotopic (exact) mass is 232 g/mol. The Bertz CT molecular complexity index is 347. The number of halogens is 3. The lowest BCUT2D eigenvalue weighted by atomic mass is 9.92. The lowest BCUT2D eigenvalue weighted by molar-refractivity contribution is -0.137. The summed E-state index contributed by atoms with van der Waals surface area (Å²) in [5, 5.41) is 0. The highest BCUT2D eigenvalue weighted by atomic mass is 19.4. The van der Waals surface area contributed by atoms with Gasteiger partial charge in [0, 0.05) is 18.5 Å². The van der Waals surface area contributed by atoms with Gasteiger partial charge in [-0.15, -0.1) is 0 Å². The summed E-state index contributed by atoms with van der Waals surface area (Å²) in [6.45, 7) is 1.97. The molecule has 0 aromatic heterocycles. The highest BCUT2D eigenvalue weighted by Gasteiger charge is 2.31. The summed E-state index contributed by atoms with van der Waals surface area (Å²) in [4.78, 5) is 0. The van der Waals surface area contributed by atoms with Crippen molar-refractivity contribution in [2.45, 2.75) is 25.1 Å². The molecule has 0 saturated heterocycles. The van der Waals surface area contributed by atoms with E-state index in [0.717, 1.165) is 12.1 Å². The topological polar surface area (TPSA) is 52.0 Å². The van der Waals surface area contributed by atoms with Crippen molar-refractivity contribution in [1.29, 1.82) is 0 Å². The van der Waals surface area contributed by atoms with Gasteiger partial charge < -0.3 is 11.5 Å². The summed E-state index contributed by atoms with van der Waals surface area (Å²) in [5.41, 5.74) is 11.1. The first kappa shape index (κ1) is 13.0. The number of hydrogen-bond donors (Lipinski definition) is 2. The van der Waals surface area contributed by atoms with Gasteiger partial charge in [-0.25, -0.2) is 0 Å².